The molecule has 0 aliphatic carbocycles. The minimum Gasteiger partial charge on any atom is -0.282 e. The summed E-state index contributed by atoms with van der Waals surface area (Å²) in [7, 11) is -18.7. The van der Waals surface area contributed by atoms with Crippen LogP contribution in [0, 0.1) is 0 Å². The quantitative estimate of drug-likeness (QED) is 0.0266. The van der Waals surface area contributed by atoms with Gasteiger partial charge in [0.1, 0.15) is 0 Å². The van der Waals surface area contributed by atoms with Gasteiger partial charge < -0.3 is 0 Å². The van der Waals surface area contributed by atoms with Crippen molar-refractivity contribution in [3.05, 3.63) is 239 Å². The zero-order chi connectivity index (χ0) is 59.4. The van der Waals surface area contributed by atoms with Gasteiger partial charge in [-0.2, -0.15) is 33.7 Å². The van der Waals surface area contributed by atoms with E-state index in [2.05, 4.69) is 111 Å². The Balaban J connectivity index is 1.01. The van der Waals surface area contributed by atoms with Crippen LogP contribution in [0.25, 0.3) is 0 Å². The zero-order valence-corrected chi connectivity index (χ0v) is 51.5. The number of rotatable bonds is 28. The Kier molecular flexibility index (Phi) is 21.7. The fraction of sp³-hybridized carbons (Fsp3) is 0.262. The van der Waals surface area contributed by atoms with Crippen molar-refractivity contribution >= 4 is 77.5 Å². The van der Waals surface area contributed by atoms with E-state index in [9.17, 15) is 51.9 Å². The van der Waals surface area contributed by atoms with Crippen LogP contribution in [0.4, 0.5) is 0 Å². The maximum Gasteiger partial charge on any atom is 0.294 e. The van der Waals surface area contributed by atoms with Gasteiger partial charge >= 0.3 is 0 Å². The Hall–Kier alpha value is -5.74. The van der Waals surface area contributed by atoms with Gasteiger partial charge in [0.25, 0.3) is 40.5 Å². The standard InChI is InChI=1S/C65H70O12P2S4/c1-48(78(58-31-15-50(16-32-58)7-3-11-54-23-39-62(40-24-54)80(66,67)68)59-33-17-51(18-34-59)8-4-12-55-25-41-63(42-26-55)81(69,70)71)47-49(2)79(60-35-19-52(20-36-60)9-5-13-56-27-43-64(44-28-56)82(72,73)74)61-37-21-53(22-38-61)10-6-14-57-29-45-65(46-30-57)83(75,76)77/h15-46,48-49H,3-14,47H2,1-2H3,(H,66,67,68)(H,69,70,71)(H,72,73,74)(H,75,76,77)/t48-,49-/m1/s1. The smallest absolute Gasteiger partial charge is 0.282 e. The summed E-state index contributed by atoms with van der Waals surface area (Å²) in [5.74, 6) is 0. The fourth-order valence-corrected chi connectivity index (χ4v) is 18.3. The molecule has 0 unspecified atom stereocenters. The summed E-state index contributed by atoms with van der Waals surface area (Å²) >= 11 is 0. The average molecular weight is 1230 g/mol. The maximum atomic E-state index is 11.6. The van der Waals surface area contributed by atoms with Crippen LogP contribution in [0.3, 0.4) is 0 Å². The second-order valence-electron chi connectivity index (χ2n) is 21.2. The molecule has 0 fully saturated rings. The summed E-state index contributed by atoms with van der Waals surface area (Å²) in [5, 5.41) is 5.14. The highest BCUT2D eigenvalue weighted by molar-refractivity contribution is 7.86. The lowest BCUT2D eigenvalue weighted by molar-refractivity contribution is 0.481. The fourth-order valence-electron chi connectivity index (χ4n) is 10.6. The molecule has 83 heavy (non-hydrogen) atoms. The highest BCUT2D eigenvalue weighted by Gasteiger charge is 2.28. The van der Waals surface area contributed by atoms with Gasteiger partial charge in [-0.05, 0) is 225 Å². The van der Waals surface area contributed by atoms with Gasteiger partial charge in [-0.15, -0.1) is 0 Å². The molecule has 4 N–H and O–H groups in total. The lowest BCUT2D eigenvalue weighted by atomic mass is 10.0. The molecule has 0 amide bonds. The number of benzene rings is 8. The zero-order valence-electron chi connectivity index (χ0n) is 46.4. The van der Waals surface area contributed by atoms with Crippen molar-refractivity contribution in [3.63, 3.8) is 0 Å². The predicted octanol–water partition coefficient (Wildman–Crippen LogP) is 12.1. The van der Waals surface area contributed by atoms with E-state index in [-0.39, 0.29) is 30.9 Å². The van der Waals surface area contributed by atoms with Crippen LogP contribution in [-0.4, -0.2) is 63.2 Å². The Labute approximate surface area is 493 Å². The molecule has 8 aromatic carbocycles. The van der Waals surface area contributed by atoms with E-state index in [1.54, 1.807) is 48.5 Å². The Morgan fingerprint density at radius 3 is 0.554 bits per heavy atom. The summed E-state index contributed by atoms with van der Waals surface area (Å²) in [5.41, 5.74) is 9.36. The molecule has 436 valence electrons. The lowest BCUT2D eigenvalue weighted by Gasteiger charge is -2.32. The van der Waals surface area contributed by atoms with Crippen molar-refractivity contribution in [2.45, 2.75) is 128 Å². The van der Waals surface area contributed by atoms with E-state index in [0.29, 0.717) is 0 Å². The van der Waals surface area contributed by atoms with Gasteiger partial charge in [0.2, 0.25) is 0 Å². The number of hydrogen-bond donors (Lipinski definition) is 4. The van der Waals surface area contributed by atoms with Crippen LogP contribution in [0.1, 0.15) is 90.5 Å². The van der Waals surface area contributed by atoms with E-state index in [4.69, 9.17) is 0 Å². The molecule has 12 nitrogen and oxygen atoms in total. The average Bonchev–Trinajstić information content (AvgIpc) is 3.48. The summed E-state index contributed by atoms with van der Waals surface area (Å²) in [6, 6.07) is 61.5. The molecule has 0 radical (unpaired) electrons. The molecule has 0 aliphatic rings. The molecule has 8 rings (SSSR count). The minimum absolute atomic E-state index is 0.120. The molecular weight excluding hydrogens is 1160 g/mol. The van der Waals surface area contributed by atoms with Crippen molar-refractivity contribution in [2.24, 2.45) is 0 Å². The topological polar surface area (TPSA) is 217 Å². The molecule has 0 heterocycles. The number of hydrogen-bond acceptors (Lipinski definition) is 8. The maximum absolute atomic E-state index is 11.6. The first-order valence-corrected chi connectivity index (χ1v) is 36.2. The highest BCUT2D eigenvalue weighted by Crippen LogP contribution is 2.48. The molecule has 0 saturated carbocycles. The van der Waals surface area contributed by atoms with Crippen LogP contribution >= 0.6 is 15.8 Å². The normalized spacial score (nSPS) is 13.1. The third kappa shape index (κ3) is 18.6. The predicted molar refractivity (Wildman–Crippen MR) is 335 cm³/mol. The Morgan fingerprint density at radius 1 is 0.265 bits per heavy atom. The molecule has 0 aliphatic heterocycles. The molecule has 2 atom stereocenters. The Morgan fingerprint density at radius 2 is 0.410 bits per heavy atom. The Bertz CT molecular complexity index is 3360. The summed E-state index contributed by atoms with van der Waals surface area (Å²) in [6.45, 7) is 4.77. The van der Waals surface area contributed by atoms with Crippen molar-refractivity contribution in [2.75, 3.05) is 0 Å². The third-order valence-corrected chi connectivity index (χ3v) is 24.1. The van der Waals surface area contributed by atoms with E-state index in [0.717, 1.165) is 106 Å². The first-order chi connectivity index (χ1) is 39.5. The third-order valence-electron chi connectivity index (χ3n) is 15.0. The second-order valence-corrected chi connectivity index (χ2v) is 32.2. The van der Waals surface area contributed by atoms with Crippen LogP contribution < -0.4 is 21.2 Å². The van der Waals surface area contributed by atoms with Crippen molar-refractivity contribution in [1.82, 2.24) is 0 Å². The van der Waals surface area contributed by atoms with Crippen molar-refractivity contribution < 1.29 is 51.9 Å². The SMILES string of the molecule is C[C@H](C[C@@H](C)P(c1ccc(CCCc2ccc(S(=O)(=O)O)cc2)cc1)c1ccc(CCCc2ccc(S(=O)(=O)O)cc2)cc1)P(c1ccc(CCCc2ccc(S(=O)(=O)O)cc2)cc1)c1ccc(CCCc2ccc(S(=O)(=O)O)cc2)cc1. The molecule has 8 aromatic rings. The van der Waals surface area contributed by atoms with Gasteiger partial charge in [0.15, 0.2) is 0 Å². The molecule has 0 aromatic heterocycles. The van der Waals surface area contributed by atoms with Crippen LogP contribution in [0.2, 0.25) is 0 Å². The highest BCUT2D eigenvalue weighted by atomic mass is 32.2. The first kappa shape index (κ1) is 63.3. The van der Waals surface area contributed by atoms with E-state index < -0.39 is 56.3 Å². The summed E-state index contributed by atoms with van der Waals surface area (Å²) < 4.78 is 130. The number of aryl methyl sites for hydroxylation is 8. The molecule has 0 bridgehead atoms. The van der Waals surface area contributed by atoms with Crippen LogP contribution in [0.15, 0.2) is 214 Å². The van der Waals surface area contributed by atoms with Crippen molar-refractivity contribution in [1.29, 1.82) is 0 Å². The molecule has 0 spiro atoms. The van der Waals surface area contributed by atoms with E-state index >= 15 is 0 Å². The van der Waals surface area contributed by atoms with Gasteiger partial charge in [0.05, 0.1) is 19.6 Å². The molecule has 18 heteroatoms. The molecule has 0 saturated heterocycles. The monoisotopic (exact) mass is 1230 g/mol. The van der Waals surface area contributed by atoms with Crippen molar-refractivity contribution in [3.8, 4) is 0 Å². The lowest BCUT2D eigenvalue weighted by Crippen LogP contribution is -2.26. The first-order valence-electron chi connectivity index (χ1n) is 27.7. The van der Waals surface area contributed by atoms with Gasteiger partial charge in [-0.1, -0.05) is 159 Å². The van der Waals surface area contributed by atoms with E-state index in [1.165, 1.54) is 92.0 Å². The van der Waals surface area contributed by atoms with Crippen LogP contribution in [-0.2, 0) is 91.8 Å². The largest absolute Gasteiger partial charge is 0.294 e. The second kappa shape index (κ2) is 28.4. The summed E-state index contributed by atoms with van der Waals surface area (Å²) in [4.78, 5) is -0.479. The minimum atomic E-state index is -4.26. The van der Waals surface area contributed by atoms with Crippen LogP contribution in [0.5, 0.6) is 0 Å². The van der Waals surface area contributed by atoms with Gasteiger partial charge in [-0.25, -0.2) is 0 Å². The van der Waals surface area contributed by atoms with Gasteiger partial charge in [-0.3, -0.25) is 18.2 Å². The molecular formula is C65H70O12P2S4. The summed E-state index contributed by atoms with van der Waals surface area (Å²) in [6.07, 6.45) is 10.8. The van der Waals surface area contributed by atoms with Gasteiger partial charge in [0, 0.05) is 0 Å². The van der Waals surface area contributed by atoms with E-state index in [1.807, 2.05) is 0 Å².